The zero-order valence-electron chi connectivity index (χ0n) is 12.6. The number of amides is 1. The Morgan fingerprint density at radius 3 is 2.71 bits per heavy atom. The number of carbonyl (C=O) groups excluding carboxylic acids is 1. The second-order valence-corrected chi connectivity index (χ2v) is 4.87. The van der Waals surface area contributed by atoms with Gasteiger partial charge in [-0.05, 0) is 38.0 Å². The quantitative estimate of drug-likeness (QED) is 0.854. The third-order valence-corrected chi connectivity index (χ3v) is 3.08. The summed E-state index contributed by atoms with van der Waals surface area (Å²) < 4.78 is 5.06. The molecule has 0 atom stereocenters. The van der Waals surface area contributed by atoms with Gasteiger partial charge in [0.2, 0.25) is 11.8 Å². The van der Waals surface area contributed by atoms with E-state index in [1.165, 1.54) is 0 Å². The Balaban J connectivity index is 2.04. The Bertz CT molecular complexity index is 622. The molecule has 2 rings (SSSR count). The highest BCUT2D eigenvalue weighted by Crippen LogP contribution is 2.24. The van der Waals surface area contributed by atoms with E-state index >= 15 is 0 Å². The highest BCUT2D eigenvalue weighted by molar-refractivity contribution is 5.92. The molecule has 112 valence electrons. The first-order valence-electron chi connectivity index (χ1n) is 7.02. The van der Waals surface area contributed by atoms with Crippen LogP contribution in [0.15, 0.2) is 22.7 Å². The van der Waals surface area contributed by atoms with E-state index in [1.54, 1.807) is 6.92 Å². The summed E-state index contributed by atoms with van der Waals surface area (Å²) in [5.41, 5.74) is 2.73. The van der Waals surface area contributed by atoms with Crippen LogP contribution < -0.4 is 10.6 Å². The van der Waals surface area contributed by atoms with Crippen molar-refractivity contribution in [1.29, 1.82) is 0 Å². The number of aryl methyl sites for hydroxylation is 1. The van der Waals surface area contributed by atoms with Crippen molar-refractivity contribution in [2.24, 2.45) is 0 Å². The molecule has 6 nitrogen and oxygen atoms in total. The molecule has 0 aliphatic rings. The van der Waals surface area contributed by atoms with Gasteiger partial charge in [0.25, 0.3) is 0 Å². The average Bonchev–Trinajstić information content (AvgIpc) is 2.86. The fraction of sp³-hybridized carbons (Fsp3) is 0.400. The van der Waals surface area contributed by atoms with Gasteiger partial charge in [-0.3, -0.25) is 4.79 Å². The molecule has 1 aromatic carbocycles. The Morgan fingerprint density at radius 2 is 2.05 bits per heavy atom. The first kappa shape index (κ1) is 15.0. The number of benzene rings is 1. The molecular weight excluding hydrogens is 268 g/mol. The molecule has 0 aliphatic heterocycles. The number of nitrogens with one attached hydrogen (secondary N) is 2. The van der Waals surface area contributed by atoms with E-state index in [-0.39, 0.29) is 5.91 Å². The molecule has 2 N–H and O–H groups in total. The number of hydrogen-bond donors (Lipinski definition) is 2. The summed E-state index contributed by atoms with van der Waals surface area (Å²) in [6, 6.07) is 5.74. The molecule has 0 saturated heterocycles. The minimum atomic E-state index is 0.0327. The van der Waals surface area contributed by atoms with Crippen molar-refractivity contribution in [3.8, 4) is 0 Å². The summed E-state index contributed by atoms with van der Waals surface area (Å²) in [6.07, 6.45) is 1.36. The molecule has 0 spiro atoms. The molecule has 6 heteroatoms. The minimum absolute atomic E-state index is 0.0327. The number of aromatic nitrogens is 2. The van der Waals surface area contributed by atoms with E-state index in [0.717, 1.165) is 23.4 Å². The Morgan fingerprint density at radius 1 is 1.29 bits per heavy atom. The first-order chi connectivity index (χ1) is 10.1. The van der Waals surface area contributed by atoms with Gasteiger partial charge in [-0.25, -0.2) is 0 Å². The predicted octanol–water partition coefficient (Wildman–Crippen LogP) is 3.04. The largest absolute Gasteiger partial charge is 0.376 e. The van der Waals surface area contributed by atoms with Crippen molar-refractivity contribution >= 4 is 17.3 Å². The SMILES string of the molecule is CCCC(=O)Nc1cccc(NCc2nc(C)no2)c1C. The van der Waals surface area contributed by atoms with Crippen LogP contribution in [-0.2, 0) is 11.3 Å². The monoisotopic (exact) mass is 288 g/mol. The second-order valence-electron chi connectivity index (χ2n) is 4.87. The van der Waals surface area contributed by atoms with Gasteiger partial charge < -0.3 is 15.2 Å². The third kappa shape index (κ3) is 4.05. The van der Waals surface area contributed by atoms with E-state index in [9.17, 15) is 4.79 Å². The summed E-state index contributed by atoms with van der Waals surface area (Å²) in [7, 11) is 0. The number of hydrogen-bond acceptors (Lipinski definition) is 5. The smallest absolute Gasteiger partial charge is 0.245 e. The number of nitrogens with zero attached hydrogens (tertiary/aromatic N) is 2. The van der Waals surface area contributed by atoms with Crippen LogP contribution in [-0.4, -0.2) is 16.0 Å². The number of rotatable bonds is 6. The van der Waals surface area contributed by atoms with Gasteiger partial charge in [-0.2, -0.15) is 4.98 Å². The van der Waals surface area contributed by atoms with Crippen LogP contribution in [0.3, 0.4) is 0 Å². The molecule has 0 aliphatic carbocycles. The first-order valence-corrected chi connectivity index (χ1v) is 7.02. The van der Waals surface area contributed by atoms with Gasteiger partial charge in [0, 0.05) is 17.8 Å². The predicted molar refractivity (Wildman–Crippen MR) is 81.1 cm³/mol. The fourth-order valence-electron chi connectivity index (χ4n) is 1.99. The number of carbonyl (C=O) groups is 1. The van der Waals surface area contributed by atoms with Crippen LogP contribution in [0.1, 0.15) is 37.0 Å². The lowest BCUT2D eigenvalue weighted by atomic mass is 10.1. The van der Waals surface area contributed by atoms with Crippen molar-refractivity contribution in [3.05, 3.63) is 35.5 Å². The maximum absolute atomic E-state index is 11.7. The van der Waals surface area contributed by atoms with E-state index in [2.05, 4.69) is 20.8 Å². The van der Waals surface area contributed by atoms with Gasteiger partial charge in [-0.1, -0.05) is 18.1 Å². The van der Waals surface area contributed by atoms with Gasteiger partial charge in [0.1, 0.15) is 0 Å². The lowest BCUT2D eigenvalue weighted by molar-refractivity contribution is -0.116. The molecule has 1 amide bonds. The van der Waals surface area contributed by atoms with Crippen LogP contribution in [0.5, 0.6) is 0 Å². The van der Waals surface area contributed by atoms with Crippen LogP contribution in [0.2, 0.25) is 0 Å². The van der Waals surface area contributed by atoms with Crippen LogP contribution >= 0.6 is 0 Å². The molecule has 0 fully saturated rings. The van der Waals surface area contributed by atoms with E-state index in [1.807, 2.05) is 32.0 Å². The van der Waals surface area contributed by atoms with Gasteiger partial charge in [-0.15, -0.1) is 0 Å². The average molecular weight is 288 g/mol. The van der Waals surface area contributed by atoms with Crippen molar-refractivity contribution in [2.45, 2.75) is 40.2 Å². The van der Waals surface area contributed by atoms with Crippen LogP contribution in [0.25, 0.3) is 0 Å². The minimum Gasteiger partial charge on any atom is -0.376 e. The standard InChI is InChI=1S/C15H20N4O2/c1-4-6-14(20)18-13-8-5-7-12(10(13)2)16-9-15-17-11(3)19-21-15/h5,7-8,16H,4,6,9H2,1-3H3,(H,18,20). The van der Waals surface area contributed by atoms with E-state index < -0.39 is 0 Å². The molecule has 2 aromatic rings. The number of anilines is 2. The van der Waals surface area contributed by atoms with Crippen LogP contribution in [0, 0.1) is 13.8 Å². The van der Waals surface area contributed by atoms with Crippen molar-refractivity contribution in [1.82, 2.24) is 10.1 Å². The summed E-state index contributed by atoms with van der Waals surface area (Å²) in [6.45, 7) is 6.18. The lowest BCUT2D eigenvalue weighted by Gasteiger charge is -2.13. The molecule has 1 aromatic heterocycles. The molecular formula is C15H20N4O2. The zero-order valence-corrected chi connectivity index (χ0v) is 12.6. The normalized spacial score (nSPS) is 10.4. The maximum atomic E-state index is 11.7. The van der Waals surface area contributed by atoms with Gasteiger partial charge in [0.15, 0.2) is 5.82 Å². The molecule has 0 saturated carbocycles. The molecule has 21 heavy (non-hydrogen) atoms. The highest BCUT2D eigenvalue weighted by atomic mass is 16.5. The molecule has 1 heterocycles. The van der Waals surface area contributed by atoms with Gasteiger partial charge >= 0.3 is 0 Å². The Labute approximate surface area is 123 Å². The van der Waals surface area contributed by atoms with E-state index in [0.29, 0.717) is 24.7 Å². The Kier molecular flexibility index (Phi) is 4.92. The van der Waals surface area contributed by atoms with Crippen molar-refractivity contribution < 1.29 is 9.32 Å². The fourth-order valence-corrected chi connectivity index (χ4v) is 1.99. The molecule has 0 unspecified atom stereocenters. The molecule has 0 bridgehead atoms. The van der Waals surface area contributed by atoms with Crippen molar-refractivity contribution in [3.63, 3.8) is 0 Å². The Hall–Kier alpha value is -2.37. The third-order valence-electron chi connectivity index (χ3n) is 3.08. The van der Waals surface area contributed by atoms with E-state index in [4.69, 9.17) is 4.52 Å². The second kappa shape index (κ2) is 6.88. The van der Waals surface area contributed by atoms with Gasteiger partial charge in [0.05, 0.1) is 6.54 Å². The summed E-state index contributed by atoms with van der Waals surface area (Å²) in [5.74, 6) is 1.18. The zero-order chi connectivity index (χ0) is 15.2. The highest BCUT2D eigenvalue weighted by Gasteiger charge is 2.08. The van der Waals surface area contributed by atoms with Crippen LogP contribution in [0.4, 0.5) is 11.4 Å². The maximum Gasteiger partial charge on any atom is 0.245 e. The molecule has 0 radical (unpaired) electrons. The summed E-state index contributed by atoms with van der Waals surface area (Å²) >= 11 is 0. The summed E-state index contributed by atoms with van der Waals surface area (Å²) in [4.78, 5) is 15.8. The topological polar surface area (TPSA) is 80.0 Å². The van der Waals surface area contributed by atoms with Crippen molar-refractivity contribution in [2.75, 3.05) is 10.6 Å². The lowest BCUT2D eigenvalue weighted by Crippen LogP contribution is -2.12. The summed E-state index contributed by atoms with van der Waals surface area (Å²) in [5, 5.41) is 9.91.